The Morgan fingerprint density at radius 1 is 1.37 bits per heavy atom. The van der Waals surface area contributed by atoms with Crippen LogP contribution in [0.5, 0.6) is 6.01 Å². The normalized spacial score (nSPS) is 18.6. The molecule has 2 heterocycles. The van der Waals surface area contributed by atoms with Gasteiger partial charge in [0, 0.05) is 20.1 Å². The molecular formula is C11H18N6O2. The summed E-state index contributed by atoms with van der Waals surface area (Å²) in [5.74, 6) is 0.816. The van der Waals surface area contributed by atoms with E-state index in [4.69, 9.17) is 4.74 Å². The van der Waals surface area contributed by atoms with E-state index in [2.05, 4.69) is 25.6 Å². The van der Waals surface area contributed by atoms with Crippen LogP contribution in [0.25, 0.3) is 0 Å². The maximum absolute atomic E-state index is 11.8. The summed E-state index contributed by atoms with van der Waals surface area (Å²) in [6, 6.07) is -0.0705. The molecular weight excluding hydrogens is 248 g/mol. The minimum atomic E-state index is -0.286. The number of methoxy groups -OCH3 is 1. The molecule has 19 heavy (non-hydrogen) atoms. The Morgan fingerprint density at radius 3 is 2.68 bits per heavy atom. The number of likely N-dealkylation sites (tertiary alicyclic amines) is 1. The van der Waals surface area contributed by atoms with E-state index < -0.39 is 0 Å². The molecule has 8 nitrogen and oxygen atoms in total. The van der Waals surface area contributed by atoms with E-state index in [1.54, 1.807) is 11.9 Å². The molecule has 2 N–H and O–H groups in total. The van der Waals surface area contributed by atoms with E-state index in [1.165, 1.54) is 7.11 Å². The zero-order chi connectivity index (χ0) is 13.8. The molecule has 1 atom stereocenters. The predicted molar refractivity (Wildman–Crippen MR) is 70.2 cm³/mol. The van der Waals surface area contributed by atoms with Crippen molar-refractivity contribution in [3.8, 4) is 6.01 Å². The molecule has 1 amide bonds. The molecule has 1 aliphatic rings. The summed E-state index contributed by atoms with van der Waals surface area (Å²) in [4.78, 5) is 25.9. The zero-order valence-corrected chi connectivity index (χ0v) is 11.3. The zero-order valence-electron chi connectivity index (χ0n) is 11.3. The minimum Gasteiger partial charge on any atom is -0.467 e. The summed E-state index contributed by atoms with van der Waals surface area (Å²) < 4.78 is 5.02. The molecule has 8 heteroatoms. The van der Waals surface area contributed by atoms with Crippen LogP contribution in [-0.4, -0.2) is 59.0 Å². The monoisotopic (exact) mass is 266 g/mol. The smallest absolute Gasteiger partial charge is 0.322 e. The van der Waals surface area contributed by atoms with Gasteiger partial charge in [0.2, 0.25) is 17.8 Å². The molecule has 0 saturated carbocycles. The van der Waals surface area contributed by atoms with Crippen molar-refractivity contribution >= 4 is 17.8 Å². The van der Waals surface area contributed by atoms with Crippen LogP contribution in [0.2, 0.25) is 0 Å². The van der Waals surface area contributed by atoms with Gasteiger partial charge in [0.15, 0.2) is 0 Å². The van der Waals surface area contributed by atoms with Crippen LogP contribution in [0.4, 0.5) is 11.9 Å². The van der Waals surface area contributed by atoms with Crippen molar-refractivity contribution in [2.45, 2.75) is 19.4 Å². The van der Waals surface area contributed by atoms with Crippen molar-refractivity contribution in [2.75, 3.05) is 37.9 Å². The number of aromatic nitrogens is 3. The molecule has 1 saturated heterocycles. The number of likely N-dealkylation sites (N-methyl/N-ethyl adjacent to an activating group) is 1. The van der Waals surface area contributed by atoms with Gasteiger partial charge in [-0.1, -0.05) is 0 Å². The summed E-state index contributed by atoms with van der Waals surface area (Å²) in [5, 5.41) is 6.01. The van der Waals surface area contributed by atoms with Crippen LogP contribution >= 0.6 is 0 Å². The van der Waals surface area contributed by atoms with Crippen LogP contribution in [0.1, 0.15) is 13.3 Å². The summed E-state index contributed by atoms with van der Waals surface area (Å²) in [6.45, 7) is 3.37. The number of hydrogen-bond donors (Lipinski definition) is 2. The quantitative estimate of drug-likeness (QED) is 0.772. The maximum atomic E-state index is 11.8. The maximum Gasteiger partial charge on any atom is 0.322 e. The molecule has 1 unspecified atom stereocenters. The van der Waals surface area contributed by atoms with Crippen LogP contribution in [-0.2, 0) is 4.79 Å². The first-order chi connectivity index (χ1) is 9.13. The third-order valence-corrected chi connectivity index (χ3v) is 2.86. The summed E-state index contributed by atoms with van der Waals surface area (Å²) in [6.07, 6.45) is 0.736. The Hall–Kier alpha value is -2.12. The molecule has 2 rings (SSSR count). The lowest BCUT2D eigenvalue weighted by Crippen LogP contribution is -2.31. The fraction of sp³-hybridized carbons (Fsp3) is 0.636. The average Bonchev–Trinajstić information content (AvgIpc) is 2.71. The second-order valence-electron chi connectivity index (χ2n) is 4.25. The molecule has 104 valence electrons. The Balaban J connectivity index is 2.15. The first kappa shape index (κ1) is 13.3. The number of amides is 1. The number of rotatable bonds is 5. The van der Waals surface area contributed by atoms with Crippen molar-refractivity contribution in [2.24, 2.45) is 0 Å². The third kappa shape index (κ3) is 3.01. The molecule has 0 spiro atoms. The Kier molecular flexibility index (Phi) is 3.98. The number of nitrogens with zero attached hydrogens (tertiary/aromatic N) is 4. The number of ether oxygens (including phenoxy) is 1. The topological polar surface area (TPSA) is 92.3 Å². The highest BCUT2D eigenvalue weighted by Gasteiger charge is 2.29. The van der Waals surface area contributed by atoms with Gasteiger partial charge in [-0.25, -0.2) is 0 Å². The average molecular weight is 266 g/mol. The standard InChI is InChI=1S/C11H18N6O2/c1-4-12-9-14-10(16-11(15-9)19-3)13-7-5-6-17(2)8(7)18/h7H,4-6H2,1-3H3,(H2,12,13,14,15,16). The van der Waals surface area contributed by atoms with Crippen molar-refractivity contribution in [1.82, 2.24) is 19.9 Å². The lowest BCUT2D eigenvalue weighted by molar-refractivity contribution is -0.127. The minimum absolute atomic E-state index is 0.0457. The number of hydrogen-bond acceptors (Lipinski definition) is 7. The summed E-state index contributed by atoms with van der Waals surface area (Å²) in [5.41, 5.74) is 0. The number of nitrogens with one attached hydrogen (secondary N) is 2. The highest BCUT2D eigenvalue weighted by Crippen LogP contribution is 2.16. The molecule has 1 aliphatic heterocycles. The van der Waals surface area contributed by atoms with Crippen molar-refractivity contribution in [3.05, 3.63) is 0 Å². The first-order valence-corrected chi connectivity index (χ1v) is 6.19. The highest BCUT2D eigenvalue weighted by atomic mass is 16.5. The third-order valence-electron chi connectivity index (χ3n) is 2.86. The van der Waals surface area contributed by atoms with E-state index in [-0.39, 0.29) is 18.0 Å². The van der Waals surface area contributed by atoms with E-state index in [1.807, 2.05) is 6.92 Å². The van der Waals surface area contributed by atoms with Crippen LogP contribution in [0, 0.1) is 0 Å². The lowest BCUT2D eigenvalue weighted by Gasteiger charge is -2.13. The fourth-order valence-electron chi connectivity index (χ4n) is 1.86. The molecule has 0 aromatic carbocycles. The van der Waals surface area contributed by atoms with Gasteiger partial charge < -0.3 is 20.3 Å². The molecule has 0 bridgehead atoms. The van der Waals surface area contributed by atoms with Gasteiger partial charge in [-0.2, -0.15) is 15.0 Å². The van der Waals surface area contributed by atoms with Gasteiger partial charge in [-0.05, 0) is 13.3 Å². The van der Waals surface area contributed by atoms with Crippen LogP contribution in [0.3, 0.4) is 0 Å². The number of carbonyl (C=O) groups is 1. The van der Waals surface area contributed by atoms with Crippen molar-refractivity contribution in [1.29, 1.82) is 0 Å². The molecule has 1 aromatic heterocycles. The van der Waals surface area contributed by atoms with E-state index >= 15 is 0 Å². The fourth-order valence-corrected chi connectivity index (χ4v) is 1.86. The van der Waals surface area contributed by atoms with Gasteiger partial charge in [0.25, 0.3) is 0 Å². The summed E-state index contributed by atoms with van der Waals surface area (Å²) in [7, 11) is 3.27. The van der Waals surface area contributed by atoms with Gasteiger partial charge in [-0.3, -0.25) is 4.79 Å². The molecule has 0 aliphatic carbocycles. The molecule has 1 fully saturated rings. The largest absolute Gasteiger partial charge is 0.467 e. The van der Waals surface area contributed by atoms with Crippen molar-refractivity contribution in [3.63, 3.8) is 0 Å². The van der Waals surface area contributed by atoms with Crippen molar-refractivity contribution < 1.29 is 9.53 Å². The van der Waals surface area contributed by atoms with E-state index in [0.717, 1.165) is 13.0 Å². The van der Waals surface area contributed by atoms with E-state index in [0.29, 0.717) is 18.4 Å². The Morgan fingerprint density at radius 2 is 2.11 bits per heavy atom. The lowest BCUT2D eigenvalue weighted by atomic mass is 10.2. The van der Waals surface area contributed by atoms with Gasteiger partial charge in [0.1, 0.15) is 6.04 Å². The second-order valence-corrected chi connectivity index (χ2v) is 4.25. The van der Waals surface area contributed by atoms with Gasteiger partial charge >= 0.3 is 6.01 Å². The van der Waals surface area contributed by atoms with Gasteiger partial charge in [-0.15, -0.1) is 0 Å². The van der Waals surface area contributed by atoms with Gasteiger partial charge in [0.05, 0.1) is 7.11 Å². The number of anilines is 2. The predicted octanol–water partition coefficient (Wildman–Crippen LogP) is -0.0454. The first-order valence-electron chi connectivity index (χ1n) is 6.19. The Labute approximate surface area is 111 Å². The number of carbonyl (C=O) groups excluding carboxylic acids is 1. The molecule has 0 radical (unpaired) electrons. The SMILES string of the molecule is CCNc1nc(NC2CCN(C)C2=O)nc(OC)n1. The molecule has 1 aromatic rings. The van der Waals surface area contributed by atoms with Crippen LogP contribution < -0.4 is 15.4 Å². The second kappa shape index (κ2) is 5.68. The van der Waals surface area contributed by atoms with Crippen LogP contribution in [0.15, 0.2) is 0 Å². The summed E-state index contributed by atoms with van der Waals surface area (Å²) >= 11 is 0. The van der Waals surface area contributed by atoms with E-state index in [9.17, 15) is 4.79 Å². The Bertz CT molecular complexity index is 466. The highest BCUT2D eigenvalue weighted by molar-refractivity contribution is 5.86.